The van der Waals surface area contributed by atoms with E-state index in [-0.39, 0.29) is 12.8 Å². The SMILES string of the molecule is C[C@]1(C(=O)O)CC(Cl)=CC[C@H]1C(=O)O. The van der Waals surface area contributed by atoms with Crippen molar-refractivity contribution in [2.45, 2.75) is 19.8 Å². The number of halogens is 1. The molecule has 0 aromatic heterocycles. The second-order valence-corrected chi connectivity index (χ2v) is 4.16. The van der Waals surface area contributed by atoms with Crippen molar-refractivity contribution >= 4 is 23.5 Å². The number of carbonyl (C=O) groups is 2. The van der Waals surface area contributed by atoms with E-state index in [1.807, 2.05) is 0 Å². The van der Waals surface area contributed by atoms with Gasteiger partial charge in [-0.25, -0.2) is 0 Å². The van der Waals surface area contributed by atoms with Gasteiger partial charge in [0, 0.05) is 5.03 Å². The number of aliphatic carboxylic acids is 2. The summed E-state index contributed by atoms with van der Waals surface area (Å²) in [5.41, 5.74) is -1.29. The number of rotatable bonds is 2. The van der Waals surface area contributed by atoms with Crippen molar-refractivity contribution in [2.75, 3.05) is 0 Å². The Kier molecular flexibility index (Phi) is 2.85. The zero-order chi connectivity index (χ0) is 10.9. The molecule has 0 fully saturated rings. The van der Waals surface area contributed by atoms with Crippen LogP contribution in [0.25, 0.3) is 0 Å². The molecule has 0 heterocycles. The molecule has 0 aromatic carbocycles. The molecule has 1 aliphatic carbocycles. The lowest BCUT2D eigenvalue weighted by Crippen LogP contribution is -2.41. The van der Waals surface area contributed by atoms with E-state index in [1.54, 1.807) is 6.08 Å². The maximum atomic E-state index is 11.0. The van der Waals surface area contributed by atoms with E-state index in [4.69, 9.17) is 21.8 Å². The summed E-state index contributed by atoms with van der Waals surface area (Å²) in [6.07, 6.45) is 1.84. The molecule has 2 N–H and O–H groups in total. The zero-order valence-corrected chi connectivity index (χ0v) is 8.41. The third kappa shape index (κ3) is 1.75. The molecule has 0 spiro atoms. The number of carboxylic acids is 2. The predicted octanol–water partition coefficient (Wildman–Crippen LogP) is 1.69. The van der Waals surface area contributed by atoms with Crippen molar-refractivity contribution in [3.05, 3.63) is 11.1 Å². The number of carboxylic acid groups (broad SMARTS) is 2. The average molecular weight is 219 g/mol. The van der Waals surface area contributed by atoms with Crippen LogP contribution < -0.4 is 0 Å². The first-order valence-corrected chi connectivity index (χ1v) is 4.56. The van der Waals surface area contributed by atoms with E-state index in [0.717, 1.165) is 0 Å². The highest BCUT2D eigenvalue weighted by molar-refractivity contribution is 6.29. The second kappa shape index (κ2) is 3.61. The number of hydrogen-bond acceptors (Lipinski definition) is 2. The summed E-state index contributed by atoms with van der Waals surface area (Å²) < 4.78 is 0. The summed E-state index contributed by atoms with van der Waals surface area (Å²) in [6.45, 7) is 1.42. The van der Waals surface area contributed by atoms with Crippen LogP contribution >= 0.6 is 11.6 Å². The standard InChI is InChI=1S/C9H11ClO4/c1-9(8(13)14)4-5(10)2-3-6(9)7(11)12/h2,6H,3-4H2,1H3,(H,11,12)(H,13,14)/t6-,9-/m0/s1. The van der Waals surface area contributed by atoms with Crippen LogP contribution in [0.5, 0.6) is 0 Å². The van der Waals surface area contributed by atoms with Crippen LogP contribution in [0.3, 0.4) is 0 Å². The smallest absolute Gasteiger partial charge is 0.310 e. The third-order valence-corrected chi connectivity index (χ3v) is 2.95. The van der Waals surface area contributed by atoms with Gasteiger partial charge in [0.1, 0.15) is 0 Å². The van der Waals surface area contributed by atoms with Crippen LogP contribution in [0.4, 0.5) is 0 Å². The van der Waals surface area contributed by atoms with E-state index >= 15 is 0 Å². The molecule has 4 nitrogen and oxygen atoms in total. The van der Waals surface area contributed by atoms with Gasteiger partial charge in [0.05, 0.1) is 11.3 Å². The topological polar surface area (TPSA) is 74.6 Å². The Morgan fingerprint density at radius 3 is 2.57 bits per heavy atom. The molecule has 5 heteroatoms. The van der Waals surface area contributed by atoms with Crippen molar-refractivity contribution in [2.24, 2.45) is 11.3 Å². The Morgan fingerprint density at radius 2 is 2.14 bits per heavy atom. The zero-order valence-electron chi connectivity index (χ0n) is 7.66. The first-order valence-electron chi connectivity index (χ1n) is 4.18. The molecule has 0 saturated heterocycles. The van der Waals surface area contributed by atoms with Crippen LogP contribution in [-0.2, 0) is 9.59 Å². The highest BCUT2D eigenvalue weighted by atomic mass is 35.5. The molecule has 78 valence electrons. The second-order valence-electron chi connectivity index (χ2n) is 3.68. The van der Waals surface area contributed by atoms with Gasteiger partial charge in [-0.2, -0.15) is 0 Å². The summed E-state index contributed by atoms with van der Waals surface area (Å²) in [6, 6.07) is 0. The molecule has 0 aromatic rings. The fourth-order valence-corrected chi connectivity index (χ4v) is 2.02. The van der Waals surface area contributed by atoms with Crippen LogP contribution in [0.2, 0.25) is 0 Å². The molecule has 0 saturated carbocycles. The Morgan fingerprint density at radius 1 is 1.57 bits per heavy atom. The van der Waals surface area contributed by atoms with Crippen LogP contribution in [0, 0.1) is 11.3 Å². The molecular weight excluding hydrogens is 208 g/mol. The maximum Gasteiger partial charge on any atom is 0.310 e. The Labute approximate surface area is 86.2 Å². The minimum atomic E-state index is -1.29. The summed E-state index contributed by atoms with van der Waals surface area (Å²) in [5.74, 6) is -3.10. The maximum absolute atomic E-state index is 11.0. The van der Waals surface area contributed by atoms with Gasteiger partial charge in [-0.15, -0.1) is 0 Å². The Hall–Kier alpha value is -1.03. The van der Waals surface area contributed by atoms with Crippen molar-refractivity contribution in [3.63, 3.8) is 0 Å². The van der Waals surface area contributed by atoms with Gasteiger partial charge < -0.3 is 10.2 Å². The van der Waals surface area contributed by atoms with E-state index in [2.05, 4.69) is 0 Å². The minimum Gasteiger partial charge on any atom is -0.481 e. The average Bonchev–Trinajstić information content (AvgIpc) is 2.02. The fraction of sp³-hybridized carbons (Fsp3) is 0.556. The fourth-order valence-electron chi connectivity index (χ4n) is 1.65. The highest BCUT2D eigenvalue weighted by Gasteiger charge is 2.47. The normalized spacial score (nSPS) is 32.1. The summed E-state index contributed by atoms with van der Waals surface area (Å²) >= 11 is 5.72. The van der Waals surface area contributed by atoms with Gasteiger partial charge in [-0.3, -0.25) is 9.59 Å². The third-order valence-electron chi connectivity index (χ3n) is 2.67. The number of allylic oxidation sites excluding steroid dienone is 2. The van der Waals surface area contributed by atoms with E-state index in [9.17, 15) is 9.59 Å². The molecule has 0 unspecified atom stereocenters. The van der Waals surface area contributed by atoms with Crippen molar-refractivity contribution in [3.8, 4) is 0 Å². The molecular formula is C9H11ClO4. The lowest BCUT2D eigenvalue weighted by molar-refractivity contribution is -0.161. The predicted molar refractivity (Wildman–Crippen MR) is 50.0 cm³/mol. The number of hydrogen-bond donors (Lipinski definition) is 2. The molecule has 0 bridgehead atoms. The van der Waals surface area contributed by atoms with Gasteiger partial charge >= 0.3 is 11.9 Å². The van der Waals surface area contributed by atoms with Gasteiger partial charge in [0.2, 0.25) is 0 Å². The first kappa shape index (κ1) is 11.0. The molecule has 1 aliphatic rings. The molecule has 0 amide bonds. The quantitative estimate of drug-likeness (QED) is 0.740. The van der Waals surface area contributed by atoms with Gasteiger partial charge in [-0.05, 0) is 19.8 Å². The van der Waals surface area contributed by atoms with Crippen molar-refractivity contribution in [1.29, 1.82) is 0 Å². The molecule has 2 atom stereocenters. The van der Waals surface area contributed by atoms with Crippen molar-refractivity contribution in [1.82, 2.24) is 0 Å². The van der Waals surface area contributed by atoms with Crippen molar-refractivity contribution < 1.29 is 19.8 Å². The van der Waals surface area contributed by atoms with Crippen LogP contribution in [0.1, 0.15) is 19.8 Å². The van der Waals surface area contributed by atoms with Gasteiger partial charge in [0.15, 0.2) is 0 Å². The lowest BCUT2D eigenvalue weighted by Gasteiger charge is -2.33. The molecule has 1 rings (SSSR count). The van der Waals surface area contributed by atoms with E-state index in [1.165, 1.54) is 6.92 Å². The summed E-state index contributed by atoms with van der Waals surface area (Å²) in [5, 5.41) is 18.3. The molecule has 0 aliphatic heterocycles. The van der Waals surface area contributed by atoms with Gasteiger partial charge in [-0.1, -0.05) is 17.7 Å². The monoisotopic (exact) mass is 218 g/mol. The largest absolute Gasteiger partial charge is 0.481 e. The minimum absolute atomic E-state index is 0.0842. The molecule has 0 radical (unpaired) electrons. The summed E-state index contributed by atoms with van der Waals surface area (Å²) in [4.78, 5) is 21.8. The van der Waals surface area contributed by atoms with E-state index in [0.29, 0.717) is 5.03 Å². The summed E-state index contributed by atoms with van der Waals surface area (Å²) in [7, 11) is 0. The first-order chi connectivity index (χ1) is 6.38. The Balaban J connectivity index is 3.06. The Bertz CT molecular complexity index is 310. The van der Waals surface area contributed by atoms with Crippen LogP contribution in [-0.4, -0.2) is 22.2 Å². The highest BCUT2D eigenvalue weighted by Crippen LogP contribution is 2.42. The lowest BCUT2D eigenvalue weighted by atomic mass is 9.70. The van der Waals surface area contributed by atoms with E-state index < -0.39 is 23.3 Å². The van der Waals surface area contributed by atoms with Gasteiger partial charge in [0.25, 0.3) is 0 Å². The molecule has 14 heavy (non-hydrogen) atoms. The van der Waals surface area contributed by atoms with Crippen LogP contribution in [0.15, 0.2) is 11.1 Å².